The largest absolute Gasteiger partial charge is 0.353 e. The molecule has 4 rings (SSSR count). The minimum Gasteiger partial charge on any atom is -0.353 e. The number of nitriles is 1. The van der Waals surface area contributed by atoms with Crippen LogP contribution in [0, 0.1) is 29.9 Å². The number of hydrogen-bond donors (Lipinski definition) is 3. The van der Waals surface area contributed by atoms with Crippen LogP contribution in [0.5, 0.6) is 0 Å². The predicted octanol–water partition coefficient (Wildman–Crippen LogP) is 5.98. The third-order valence-corrected chi connectivity index (χ3v) is 6.99. The molecule has 9 heteroatoms. The zero-order chi connectivity index (χ0) is 27.2. The number of amides is 2. The van der Waals surface area contributed by atoms with E-state index >= 15 is 4.39 Å². The normalized spacial score (nSPS) is 15.0. The monoisotopic (exact) mass is 530 g/mol. The highest BCUT2D eigenvalue weighted by Gasteiger charge is 2.36. The number of allylic oxidation sites excluding steroid dienone is 2. The molecule has 0 saturated carbocycles. The van der Waals surface area contributed by atoms with Gasteiger partial charge in [0.15, 0.2) is 0 Å². The Labute approximate surface area is 223 Å². The Hall–Kier alpha value is -4.42. The molecule has 1 atom stereocenters. The van der Waals surface area contributed by atoms with Crippen LogP contribution in [-0.2, 0) is 9.59 Å². The summed E-state index contributed by atoms with van der Waals surface area (Å²) in [7, 11) is 0. The third kappa shape index (κ3) is 5.93. The SMILES string of the molecule is CC1=C(C(=O)Nc2ccccc2C)[C@H](c2ccccc2F)C(C#N)=C(SCC(=O)Nc2ccc(F)cc2)N1. The van der Waals surface area contributed by atoms with Crippen molar-refractivity contribution in [3.05, 3.63) is 117 Å². The van der Waals surface area contributed by atoms with E-state index in [1.54, 1.807) is 31.2 Å². The molecule has 0 aliphatic carbocycles. The minimum absolute atomic E-state index is 0.0765. The first-order valence-electron chi connectivity index (χ1n) is 11.7. The van der Waals surface area contributed by atoms with E-state index in [0.29, 0.717) is 22.1 Å². The lowest BCUT2D eigenvalue weighted by atomic mass is 9.82. The van der Waals surface area contributed by atoms with Crippen LogP contribution in [0.2, 0.25) is 0 Å². The Kier molecular flexibility index (Phi) is 8.24. The third-order valence-electron chi connectivity index (χ3n) is 5.98. The summed E-state index contributed by atoms with van der Waals surface area (Å²) in [6.45, 7) is 3.53. The Bertz CT molecular complexity index is 1490. The number of rotatable bonds is 7. The van der Waals surface area contributed by atoms with Gasteiger partial charge in [0, 0.05) is 28.2 Å². The van der Waals surface area contributed by atoms with Gasteiger partial charge in [0.2, 0.25) is 5.91 Å². The van der Waals surface area contributed by atoms with Crippen LogP contribution in [0.1, 0.15) is 24.0 Å². The number of nitrogens with one attached hydrogen (secondary N) is 3. The lowest BCUT2D eigenvalue weighted by Crippen LogP contribution is -2.31. The van der Waals surface area contributed by atoms with E-state index in [4.69, 9.17) is 0 Å². The number of dihydropyridines is 1. The fourth-order valence-electron chi connectivity index (χ4n) is 4.12. The van der Waals surface area contributed by atoms with E-state index in [1.165, 1.54) is 36.4 Å². The molecule has 0 spiro atoms. The maximum absolute atomic E-state index is 15.0. The smallest absolute Gasteiger partial charge is 0.254 e. The van der Waals surface area contributed by atoms with Gasteiger partial charge in [-0.25, -0.2) is 8.78 Å². The molecule has 0 bridgehead atoms. The molecule has 6 nitrogen and oxygen atoms in total. The van der Waals surface area contributed by atoms with E-state index in [0.717, 1.165) is 17.3 Å². The van der Waals surface area contributed by atoms with E-state index in [9.17, 15) is 19.2 Å². The van der Waals surface area contributed by atoms with Crippen molar-refractivity contribution in [2.75, 3.05) is 16.4 Å². The molecular formula is C29H24F2N4O2S. The quantitative estimate of drug-likeness (QED) is 0.349. The number of benzene rings is 3. The van der Waals surface area contributed by atoms with Crippen molar-refractivity contribution in [3.63, 3.8) is 0 Å². The topological polar surface area (TPSA) is 94.0 Å². The molecular weight excluding hydrogens is 506 g/mol. The molecule has 38 heavy (non-hydrogen) atoms. The highest BCUT2D eigenvalue weighted by atomic mass is 32.2. The number of carbonyl (C=O) groups excluding carboxylic acids is 2. The molecule has 0 unspecified atom stereocenters. The lowest BCUT2D eigenvalue weighted by Gasteiger charge is -2.30. The predicted molar refractivity (Wildman–Crippen MR) is 145 cm³/mol. The van der Waals surface area contributed by atoms with Gasteiger partial charge in [-0.3, -0.25) is 9.59 Å². The second-order valence-corrected chi connectivity index (χ2v) is 9.57. The molecule has 3 aromatic rings. The molecule has 3 aromatic carbocycles. The highest BCUT2D eigenvalue weighted by molar-refractivity contribution is 8.03. The van der Waals surface area contributed by atoms with Crippen molar-refractivity contribution < 1.29 is 18.4 Å². The zero-order valence-corrected chi connectivity index (χ0v) is 21.5. The Morgan fingerprint density at radius 2 is 1.66 bits per heavy atom. The molecule has 192 valence electrons. The molecule has 1 aliphatic rings. The Morgan fingerprint density at radius 3 is 2.34 bits per heavy atom. The van der Waals surface area contributed by atoms with E-state index in [2.05, 4.69) is 22.0 Å². The van der Waals surface area contributed by atoms with Gasteiger partial charge in [0.25, 0.3) is 5.91 Å². The average molecular weight is 531 g/mol. The fourth-order valence-corrected chi connectivity index (χ4v) is 5.01. The van der Waals surface area contributed by atoms with E-state index < -0.39 is 23.5 Å². The molecule has 1 heterocycles. The minimum atomic E-state index is -0.992. The van der Waals surface area contributed by atoms with Gasteiger partial charge in [-0.1, -0.05) is 48.2 Å². The number of anilines is 2. The maximum Gasteiger partial charge on any atom is 0.254 e. The summed E-state index contributed by atoms with van der Waals surface area (Å²) in [4.78, 5) is 26.1. The number of carbonyl (C=O) groups is 2. The molecule has 0 saturated heterocycles. The summed E-state index contributed by atoms with van der Waals surface area (Å²) in [5.74, 6) is -2.89. The van der Waals surface area contributed by atoms with Crippen molar-refractivity contribution in [1.29, 1.82) is 5.26 Å². The van der Waals surface area contributed by atoms with Crippen LogP contribution in [0.3, 0.4) is 0 Å². The summed E-state index contributed by atoms with van der Waals surface area (Å²) >= 11 is 1.06. The summed E-state index contributed by atoms with van der Waals surface area (Å²) in [6, 6.07) is 20.8. The standard InChI is InChI=1S/C29H24F2N4O2S/c1-17-7-3-6-10-24(17)35-28(37)26-18(2)33-29(22(15-32)27(26)21-8-4-5-9-23(21)31)38-16-25(36)34-20-13-11-19(30)12-14-20/h3-14,27,33H,16H2,1-2H3,(H,34,36)(H,35,37)/t27-/m1/s1. The summed E-state index contributed by atoms with van der Waals surface area (Å²) in [6.07, 6.45) is 0. The first-order chi connectivity index (χ1) is 18.3. The summed E-state index contributed by atoms with van der Waals surface area (Å²) in [5.41, 5.74) is 2.82. The van der Waals surface area contributed by atoms with Crippen molar-refractivity contribution >= 4 is 35.0 Å². The first kappa shape index (κ1) is 26.6. The number of nitrogens with zero attached hydrogens (tertiary/aromatic N) is 1. The van der Waals surface area contributed by atoms with Crippen molar-refractivity contribution in [2.45, 2.75) is 19.8 Å². The van der Waals surface area contributed by atoms with Gasteiger partial charge in [-0.05, 0) is 55.8 Å². The van der Waals surface area contributed by atoms with Crippen molar-refractivity contribution in [1.82, 2.24) is 5.32 Å². The van der Waals surface area contributed by atoms with Gasteiger partial charge in [0.05, 0.1) is 28.3 Å². The van der Waals surface area contributed by atoms with Gasteiger partial charge in [-0.15, -0.1) is 0 Å². The van der Waals surface area contributed by atoms with Crippen LogP contribution >= 0.6 is 11.8 Å². The Morgan fingerprint density at radius 1 is 0.974 bits per heavy atom. The molecule has 0 fully saturated rings. The second-order valence-electron chi connectivity index (χ2n) is 8.59. The number of hydrogen-bond acceptors (Lipinski definition) is 5. The van der Waals surface area contributed by atoms with Crippen LogP contribution in [0.25, 0.3) is 0 Å². The van der Waals surface area contributed by atoms with Gasteiger partial charge >= 0.3 is 0 Å². The lowest BCUT2D eigenvalue weighted by molar-refractivity contribution is -0.114. The zero-order valence-electron chi connectivity index (χ0n) is 20.6. The van der Waals surface area contributed by atoms with Crippen LogP contribution < -0.4 is 16.0 Å². The number of halogens is 2. The van der Waals surface area contributed by atoms with Crippen molar-refractivity contribution in [3.8, 4) is 6.07 Å². The molecule has 1 aliphatic heterocycles. The van der Waals surface area contributed by atoms with Crippen LogP contribution in [0.4, 0.5) is 20.2 Å². The molecule has 2 amide bonds. The van der Waals surface area contributed by atoms with E-state index in [-0.39, 0.29) is 28.4 Å². The van der Waals surface area contributed by atoms with Crippen LogP contribution in [-0.4, -0.2) is 17.6 Å². The van der Waals surface area contributed by atoms with Crippen LogP contribution in [0.15, 0.2) is 94.7 Å². The van der Waals surface area contributed by atoms with Crippen molar-refractivity contribution in [2.24, 2.45) is 0 Å². The highest BCUT2D eigenvalue weighted by Crippen LogP contribution is 2.41. The molecule has 3 N–H and O–H groups in total. The maximum atomic E-state index is 15.0. The average Bonchev–Trinajstić information content (AvgIpc) is 2.90. The molecule has 0 radical (unpaired) electrons. The summed E-state index contributed by atoms with van der Waals surface area (Å²) in [5, 5.41) is 19.1. The second kappa shape index (κ2) is 11.8. The summed E-state index contributed by atoms with van der Waals surface area (Å²) < 4.78 is 28.2. The van der Waals surface area contributed by atoms with Gasteiger partial charge in [-0.2, -0.15) is 5.26 Å². The van der Waals surface area contributed by atoms with E-state index in [1.807, 2.05) is 19.1 Å². The van der Waals surface area contributed by atoms with Gasteiger partial charge < -0.3 is 16.0 Å². The number of para-hydroxylation sites is 1. The number of thioether (sulfide) groups is 1. The Balaban J connectivity index is 1.65. The molecule has 0 aromatic heterocycles. The number of aryl methyl sites for hydroxylation is 1. The van der Waals surface area contributed by atoms with Gasteiger partial charge in [0.1, 0.15) is 11.6 Å². The first-order valence-corrected chi connectivity index (χ1v) is 12.7. The fraction of sp³-hybridized carbons (Fsp3) is 0.138.